The predicted molar refractivity (Wildman–Crippen MR) is 69.2 cm³/mol. The molecule has 0 aromatic carbocycles. The number of thiophene rings is 1. The molecule has 1 atom stereocenters. The molecule has 0 aliphatic heterocycles. The van der Waals surface area contributed by atoms with E-state index in [4.69, 9.17) is 9.84 Å². The number of carboxylic acid groups (broad SMARTS) is 1. The van der Waals surface area contributed by atoms with Gasteiger partial charge in [-0.1, -0.05) is 6.92 Å². The zero-order chi connectivity index (χ0) is 13.7. The lowest BCUT2D eigenvalue weighted by Gasteiger charge is -2.22. The van der Waals surface area contributed by atoms with Gasteiger partial charge in [-0.05, 0) is 6.92 Å². The number of hydrogen-bond donors (Lipinski definition) is 1. The standard InChI is InChI=1S/C12H17NO4S/c1-4-13(6-8(2)12(15)16)11(14)10-5-9(17-3)7-18-10/h5,7-8H,4,6H2,1-3H3,(H,15,16). The fraction of sp³-hybridized carbons (Fsp3) is 0.500. The molecule has 1 aromatic heterocycles. The van der Waals surface area contributed by atoms with Crippen LogP contribution in [0.3, 0.4) is 0 Å². The molecule has 1 amide bonds. The van der Waals surface area contributed by atoms with Gasteiger partial charge in [-0.15, -0.1) is 11.3 Å². The second-order valence-electron chi connectivity index (χ2n) is 3.93. The summed E-state index contributed by atoms with van der Waals surface area (Å²) >= 11 is 1.30. The number of rotatable bonds is 6. The summed E-state index contributed by atoms with van der Waals surface area (Å²) in [6.45, 7) is 4.12. The maximum atomic E-state index is 12.2. The lowest BCUT2D eigenvalue weighted by Crippen LogP contribution is -2.36. The third-order valence-electron chi connectivity index (χ3n) is 2.61. The molecule has 0 bridgehead atoms. The Morgan fingerprint density at radius 2 is 2.22 bits per heavy atom. The van der Waals surface area contributed by atoms with E-state index in [9.17, 15) is 9.59 Å². The average molecular weight is 271 g/mol. The highest BCUT2D eigenvalue weighted by molar-refractivity contribution is 7.12. The van der Waals surface area contributed by atoms with Gasteiger partial charge in [0, 0.05) is 24.5 Å². The number of amides is 1. The minimum Gasteiger partial charge on any atom is -0.496 e. The molecule has 0 spiro atoms. The smallest absolute Gasteiger partial charge is 0.308 e. The summed E-state index contributed by atoms with van der Waals surface area (Å²) < 4.78 is 5.02. The molecule has 18 heavy (non-hydrogen) atoms. The molecule has 6 heteroatoms. The molecule has 1 rings (SSSR count). The number of carboxylic acids is 1. The van der Waals surface area contributed by atoms with Gasteiger partial charge in [-0.3, -0.25) is 9.59 Å². The van der Waals surface area contributed by atoms with Gasteiger partial charge in [0.05, 0.1) is 17.9 Å². The van der Waals surface area contributed by atoms with Crippen LogP contribution in [0.25, 0.3) is 0 Å². The zero-order valence-electron chi connectivity index (χ0n) is 10.7. The Labute approximate surface area is 110 Å². The first-order chi connectivity index (χ1) is 8.49. The van der Waals surface area contributed by atoms with Crippen LogP contribution < -0.4 is 4.74 Å². The first kappa shape index (κ1) is 14.5. The van der Waals surface area contributed by atoms with Gasteiger partial charge >= 0.3 is 5.97 Å². The molecule has 5 nitrogen and oxygen atoms in total. The molecular weight excluding hydrogens is 254 g/mol. The first-order valence-corrected chi connectivity index (χ1v) is 6.52. The molecule has 1 heterocycles. The van der Waals surface area contributed by atoms with E-state index in [1.165, 1.54) is 16.2 Å². The van der Waals surface area contributed by atoms with Gasteiger partial charge in [0.25, 0.3) is 5.91 Å². The van der Waals surface area contributed by atoms with E-state index < -0.39 is 11.9 Å². The van der Waals surface area contributed by atoms with E-state index in [-0.39, 0.29) is 12.5 Å². The number of carbonyl (C=O) groups is 2. The molecule has 0 fully saturated rings. The summed E-state index contributed by atoms with van der Waals surface area (Å²) in [6.07, 6.45) is 0. The Morgan fingerprint density at radius 1 is 1.56 bits per heavy atom. The monoisotopic (exact) mass is 271 g/mol. The van der Waals surface area contributed by atoms with E-state index in [0.717, 1.165) is 0 Å². The van der Waals surface area contributed by atoms with E-state index in [1.807, 2.05) is 6.92 Å². The van der Waals surface area contributed by atoms with Crippen LogP contribution in [-0.4, -0.2) is 42.1 Å². The number of nitrogens with zero attached hydrogens (tertiary/aromatic N) is 1. The summed E-state index contributed by atoms with van der Waals surface area (Å²) in [5, 5.41) is 10.6. The van der Waals surface area contributed by atoms with Gasteiger partial charge < -0.3 is 14.7 Å². The molecular formula is C12H17NO4S. The second-order valence-corrected chi connectivity index (χ2v) is 4.85. The summed E-state index contributed by atoms with van der Waals surface area (Å²) in [5.74, 6) is -0.981. The van der Waals surface area contributed by atoms with Gasteiger partial charge in [0.2, 0.25) is 0 Å². The fourth-order valence-electron chi connectivity index (χ4n) is 1.46. The summed E-state index contributed by atoms with van der Waals surface area (Å²) in [4.78, 5) is 25.0. The van der Waals surface area contributed by atoms with E-state index in [2.05, 4.69) is 0 Å². The van der Waals surface area contributed by atoms with Gasteiger partial charge in [0.1, 0.15) is 5.75 Å². The highest BCUT2D eigenvalue weighted by Crippen LogP contribution is 2.22. The summed E-state index contributed by atoms with van der Waals surface area (Å²) in [7, 11) is 1.54. The van der Waals surface area contributed by atoms with Crippen molar-refractivity contribution in [2.45, 2.75) is 13.8 Å². The van der Waals surface area contributed by atoms with Crippen LogP contribution in [0, 0.1) is 5.92 Å². The zero-order valence-corrected chi connectivity index (χ0v) is 11.5. The number of ether oxygens (including phenoxy) is 1. The van der Waals surface area contributed by atoms with Crippen molar-refractivity contribution in [2.75, 3.05) is 20.2 Å². The van der Waals surface area contributed by atoms with Crippen LogP contribution in [0.15, 0.2) is 11.4 Å². The normalized spacial score (nSPS) is 11.9. The molecule has 1 unspecified atom stereocenters. The third-order valence-corrected chi connectivity index (χ3v) is 3.50. The number of carbonyl (C=O) groups excluding carboxylic acids is 1. The van der Waals surface area contributed by atoms with Crippen LogP contribution in [-0.2, 0) is 4.79 Å². The molecule has 0 radical (unpaired) electrons. The van der Waals surface area contributed by atoms with Crippen molar-refractivity contribution in [1.82, 2.24) is 4.90 Å². The van der Waals surface area contributed by atoms with Gasteiger partial charge in [-0.25, -0.2) is 0 Å². The van der Waals surface area contributed by atoms with Crippen LogP contribution in [0.1, 0.15) is 23.5 Å². The van der Waals surface area contributed by atoms with Crippen molar-refractivity contribution < 1.29 is 19.4 Å². The minimum atomic E-state index is -0.898. The van der Waals surface area contributed by atoms with Crippen LogP contribution >= 0.6 is 11.3 Å². The number of aliphatic carboxylic acids is 1. The van der Waals surface area contributed by atoms with E-state index in [1.54, 1.807) is 25.5 Å². The van der Waals surface area contributed by atoms with Crippen LogP contribution in [0.5, 0.6) is 5.75 Å². The van der Waals surface area contributed by atoms with Crippen molar-refractivity contribution in [3.05, 3.63) is 16.3 Å². The van der Waals surface area contributed by atoms with Crippen molar-refractivity contribution in [2.24, 2.45) is 5.92 Å². The molecule has 0 aliphatic carbocycles. The predicted octanol–water partition coefficient (Wildman–Crippen LogP) is 1.94. The molecule has 0 saturated heterocycles. The molecule has 0 saturated carbocycles. The Bertz CT molecular complexity index is 429. The van der Waals surface area contributed by atoms with Crippen molar-refractivity contribution in [3.63, 3.8) is 0 Å². The average Bonchev–Trinajstić information content (AvgIpc) is 2.83. The van der Waals surface area contributed by atoms with Crippen LogP contribution in [0.2, 0.25) is 0 Å². The van der Waals surface area contributed by atoms with Crippen LogP contribution in [0.4, 0.5) is 0 Å². The maximum absolute atomic E-state index is 12.2. The maximum Gasteiger partial charge on any atom is 0.308 e. The highest BCUT2D eigenvalue weighted by atomic mass is 32.1. The molecule has 1 aromatic rings. The summed E-state index contributed by atoms with van der Waals surface area (Å²) in [6, 6.07) is 1.67. The number of methoxy groups -OCH3 is 1. The summed E-state index contributed by atoms with van der Waals surface area (Å²) in [5.41, 5.74) is 0. The lowest BCUT2D eigenvalue weighted by atomic mass is 10.1. The SMILES string of the molecule is CCN(CC(C)C(=O)O)C(=O)c1cc(OC)cs1. The topological polar surface area (TPSA) is 66.8 Å². The Morgan fingerprint density at radius 3 is 2.67 bits per heavy atom. The fourth-order valence-corrected chi connectivity index (χ4v) is 2.28. The highest BCUT2D eigenvalue weighted by Gasteiger charge is 2.21. The van der Waals surface area contributed by atoms with Gasteiger partial charge in [-0.2, -0.15) is 0 Å². The Hall–Kier alpha value is -1.56. The largest absolute Gasteiger partial charge is 0.496 e. The second kappa shape index (κ2) is 6.39. The molecule has 100 valence electrons. The Balaban J connectivity index is 2.75. The van der Waals surface area contributed by atoms with Gasteiger partial charge in [0.15, 0.2) is 0 Å². The number of hydrogen-bond acceptors (Lipinski definition) is 4. The molecule has 0 aliphatic rings. The van der Waals surface area contributed by atoms with Crippen molar-refractivity contribution >= 4 is 23.2 Å². The Kier molecular flexibility index (Phi) is 5.15. The lowest BCUT2D eigenvalue weighted by molar-refractivity contribution is -0.141. The molecule has 1 N–H and O–H groups in total. The van der Waals surface area contributed by atoms with E-state index >= 15 is 0 Å². The quantitative estimate of drug-likeness (QED) is 0.858. The first-order valence-electron chi connectivity index (χ1n) is 5.64. The third kappa shape index (κ3) is 3.46. The van der Waals surface area contributed by atoms with Crippen molar-refractivity contribution in [1.29, 1.82) is 0 Å². The van der Waals surface area contributed by atoms with E-state index in [0.29, 0.717) is 17.2 Å². The van der Waals surface area contributed by atoms with Crippen molar-refractivity contribution in [3.8, 4) is 5.75 Å². The minimum absolute atomic E-state index is 0.154.